The van der Waals surface area contributed by atoms with Crippen molar-refractivity contribution in [3.05, 3.63) is 41.6 Å². The summed E-state index contributed by atoms with van der Waals surface area (Å²) in [6.07, 6.45) is -4.55. The Balaban J connectivity index is 2.23. The van der Waals surface area contributed by atoms with E-state index in [2.05, 4.69) is 9.82 Å². The number of hydrogen-bond acceptors (Lipinski definition) is 4. The molecule has 26 heavy (non-hydrogen) atoms. The Morgan fingerprint density at radius 1 is 1.19 bits per heavy atom. The van der Waals surface area contributed by atoms with Crippen molar-refractivity contribution in [2.24, 2.45) is 0 Å². The molecule has 1 aromatic carbocycles. The van der Waals surface area contributed by atoms with E-state index < -0.39 is 28.0 Å². The number of nitrogens with zero attached hydrogens (tertiary/aromatic N) is 2. The van der Waals surface area contributed by atoms with E-state index >= 15 is 0 Å². The highest BCUT2D eigenvalue weighted by Crippen LogP contribution is 2.32. The molecule has 5 nitrogen and oxygen atoms in total. The van der Waals surface area contributed by atoms with Gasteiger partial charge in [-0.1, -0.05) is 12.1 Å². The fraction of sp³-hybridized carbons (Fsp3) is 0.471. The maximum absolute atomic E-state index is 12.9. The molecule has 9 heteroatoms. The number of alkyl halides is 3. The molecular formula is C17H22F3N3O2S. The summed E-state index contributed by atoms with van der Waals surface area (Å²) >= 11 is -1.23. The van der Waals surface area contributed by atoms with Crippen LogP contribution in [0, 0.1) is 0 Å². The van der Waals surface area contributed by atoms with Gasteiger partial charge in [-0.25, -0.2) is 4.68 Å². The Labute approximate surface area is 153 Å². The first-order valence-electron chi connectivity index (χ1n) is 7.93. The molecule has 144 valence electrons. The van der Waals surface area contributed by atoms with E-state index in [0.29, 0.717) is 5.69 Å². The van der Waals surface area contributed by atoms with E-state index in [-0.39, 0.29) is 11.9 Å². The van der Waals surface area contributed by atoms with Crippen LogP contribution < -0.4 is 9.46 Å². The van der Waals surface area contributed by atoms with Gasteiger partial charge in [0.2, 0.25) is 5.88 Å². The van der Waals surface area contributed by atoms with Crippen LogP contribution in [0.5, 0.6) is 5.88 Å². The summed E-state index contributed by atoms with van der Waals surface area (Å²) < 4.78 is 59.4. The quantitative estimate of drug-likeness (QED) is 0.785. The number of benzene rings is 1. The van der Waals surface area contributed by atoms with E-state index in [4.69, 9.17) is 4.74 Å². The molecule has 0 saturated carbocycles. The lowest BCUT2D eigenvalue weighted by atomic mass is 10.1. The first kappa shape index (κ1) is 20.6. The van der Waals surface area contributed by atoms with Gasteiger partial charge in [0.15, 0.2) is 5.69 Å². The van der Waals surface area contributed by atoms with Gasteiger partial charge >= 0.3 is 6.18 Å². The van der Waals surface area contributed by atoms with Gasteiger partial charge < -0.3 is 9.29 Å². The summed E-state index contributed by atoms with van der Waals surface area (Å²) in [5.74, 6) is -0.00918. The van der Waals surface area contributed by atoms with Crippen LogP contribution in [0.15, 0.2) is 30.3 Å². The van der Waals surface area contributed by atoms with Crippen molar-refractivity contribution in [3.8, 4) is 11.6 Å². The lowest BCUT2D eigenvalue weighted by Crippen LogP contribution is -2.40. The molecule has 2 aromatic rings. The Morgan fingerprint density at radius 2 is 1.77 bits per heavy atom. The topological polar surface area (TPSA) is 62.1 Å². The minimum atomic E-state index is -4.55. The van der Waals surface area contributed by atoms with Crippen LogP contribution in [-0.4, -0.2) is 26.2 Å². The van der Waals surface area contributed by atoms with Gasteiger partial charge in [0.1, 0.15) is 4.75 Å². The van der Waals surface area contributed by atoms with E-state index in [1.807, 2.05) is 27.7 Å². The summed E-state index contributed by atoms with van der Waals surface area (Å²) in [6.45, 7) is 7.48. The molecule has 2 atom stereocenters. The molecule has 1 N–H and O–H groups in total. The summed E-state index contributed by atoms with van der Waals surface area (Å²) in [5.41, 5.74) is 0.271. The van der Waals surface area contributed by atoms with Crippen LogP contribution >= 0.6 is 0 Å². The van der Waals surface area contributed by atoms with Gasteiger partial charge in [0.25, 0.3) is 0 Å². The molecule has 0 aliphatic carbocycles. The molecule has 0 amide bonds. The van der Waals surface area contributed by atoms with E-state index in [1.165, 1.54) is 7.11 Å². The predicted octanol–water partition coefficient (Wildman–Crippen LogP) is 4.01. The Hall–Kier alpha value is -1.71. The average Bonchev–Trinajstić information content (AvgIpc) is 2.98. The van der Waals surface area contributed by atoms with Crippen molar-refractivity contribution < 1.29 is 22.5 Å². The average molecular weight is 389 g/mol. The third-order valence-electron chi connectivity index (χ3n) is 3.65. The van der Waals surface area contributed by atoms with Crippen LogP contribution in [0.1, 0.15) is 45.0 Å². The first-order valence-corrected chi connectivity index (χ1v) is 9.08. The van der Waals surface area contributed by atoms with Gasteiger partial charge in [-0.2, -0.15) is 18.3 Å². The number of halogens is 3. The molecule has 0 aliphatic heterocycles. The first-order chi connectivity index (χ1) is 11.9. The van der Waals surface area contributed by atoms with Crippen molar-refractivity contribution in [1.82, 2.24) is 14.5 Å². The molecule has 0 spiro atoms. The number of aromatic nitrogens is 2. The van der Waals surface area contributed by atoms with Gasteiger partial charge in [0, 0.05) is 17.4 Å². The van der Waals surface area contributed by atoms with Crippen LogP contribution in [0.2, 0.25) is 0 Å². The van der Waals surface area contributed by atoms with Crippen molar-refractivity contribution in [1.29, 1.82) is 0 Å². The van der Waals surface area contributed by atoms with Crippen LogP contribution in [0.25, 0.3) is 5.69 Å². The Kier molecular flexibility index (Phi) is 5.94. The lowest BCUT2D eigenvalue weighted by molar-refractivity contribution is -0.141. The van der Waals surface area contributed by atoms with Crippen LogP contribution in [0.3, 0.4) is 0 Å². The largest absolute Gasteiger partial charge is 0.598 e. The third-order valence-corrected chi connectivity index (χ3v) is 5.33. The zero-order valence-electron chi connectivity index (χ0n) is 15.2. The molecular weight excluding hydrogens is 367 g/mol. The maximum atomic E-state index is 12.9. The highest BCUT2D eigenvalue weighted by atomic mass is 32.2. The van der Waals surface area contributed by atoms with Crippen LogP contribution in [0.4, 0.5) is 13.2 Å². The Morgan fingerprint density at radius 3 is 2.23 bits per heavy atom. The monoisotopic (exact) mass is 389 g/mol. The van der Waals surface area contributed by atoms with Gasteiger partial charge in [-0.05, 0) is 45.4 Å². The number of nitrogens with one attached hydrogen (secondary N) is 1. The van der Waals surface area contributed by atoms with Gasteiger partial charge in [0.05, 0.1) is 18.8 Å². The minimum absolute atomic E-state index is 0.00918. The molecule has 0 saturated heterocycles. The maximum Gasteiger partial charge on any atom is 0.435 e. The second-order valence-electron chi connectivity index (χ2n) is 6.79. The molecule has 1 aromatic heterocycles. The molecule has 0 fully saturated rings. The predicted molar refractivity (Wildman–Crippen MR) is 94.6 cm³/mol. The highest BCUT2D eigenvalue weighted by molar-refractivity contribution is 7.90. The summed E-state index contributed by atoms with van der Waals surface area (Å²) in [7, 11) is 1.29. The third kappa shape index (κ3) is 4.72. The van der Waals surface area contributed by atoms with Crippen molar-refractivity contribution in [2.45, 2.75) is 44.7 Å². The molecule has 1 unspecified atom stereocenters. The molecule has 0 bridgehead atoms. The van der Waals surface area contributed by atoms with Gasteiger partial charge in [-0.3, -0.25) is 0 Å². The molecule has 2 rings (SSSR count). The van der Waals surface area contributed by atoms with E-state index in [9.17, 15) is 17.7 Å². The fourth-order valence-corrected chi connectivity index (χ4v) is 2.95. The molecule has 0 aliphatic rings. The summed E-state index contributed by atoms with van der Waals surface area (Å²) in [5, 5.41) is 3.58. The number of rotatable bonds is 5. The molecule has 0 radical (unpaired) electrons. The van der Waals surface area contributed by atoms with Crippen LogP contribution in [-0.2, 0) is 17.5 Å². The van der Waals surface area contributed by atoms with E-state index in [0.717, 1.165) is 16.3 Å². The highest BCUT2D eigenvalue weighted by Gasteiger charge is 2.35. The van der Waals surface area contributed by atoms with Crippen molar-refractivity contribution in [2.75, 3.05) is 7.11 Å². The van der Waals surface area contributed by atoms with Crippen molar-refractivity contribution >= 4 is 11.4 Å². The molecule has 1 heterocycles. The Bertz CT molecular complexity index is 739. The number of ether oxygens (including phenoxy) is 1. The standard InChI is InChI=1S/C17H22F3N3O2S/c1-11(22-26(24)16(2,3)4)12-6-8-13(9-7-12)23-15(25-5)10-14(21-23)17(18,19)20/h6-11,22H,1-5H3/t11?,26-/m0/s1. The smallest absolute Gasteiger partial charge is 0.435 e. The second-order valence-corrected chi connectivity index (χ2v) is 8.79. The number of methoxy groups -OCH3 is 1. The minimum Gasteiger partial charge on any atom is -0.598 e. The van der Waals surface area contributed by atoms with Gasteiger partial charge in [-0.15, -0.1) is 4.72 Å². The summed E-state index contributed by atoms with van der Waals surface area (Å²) in [4.78, 5) is 0. The van der Waals surface area contributed by atoms with Crippen molar-refractivity contribution in [3.63, 3.8) is 0 Å². The zero-order valence-corrected chi connectivity index (χ0v) is 16.0. The normalized spacial score (nSPS) is 15.0. The second kappa shape index (κ2) is 7.50. The summed E-state index contributed by atoms with van der Waals surface area (Å²) in [6, 6.07) is 7.45. The SMILES string of the molecule is COc1cc(C(F)(F)F)nn1-c1ccc(C(C)N[S@@+]([O-])C(C)(C)C)cc1. The lowest BCUT2D eigenvalue weighted by Gasteiger charge is -2.26. The fourth-order valence-electron chi connectivity index (χ4n) is 2.14. The number of hydrogen-bond donors (Lipinski definition) is 1. The van der Waals surface area contributed by atoms with E-state index in [1.54, 1.807) is 24.3 Å². The zero-order chi connectivity index (χ0) is 19.7.